The Bertz CT molecular complexity index is 792. The molecule has 1 saturated heterocycles. The van der Waals surface area contributed by atoms with Crippen LogP contribution in [0.3, 0.4) is 0 Å². The molecule has 3 aliphatic heterocycles. The molecule has 2 atom stereocenters. The molecule has 0 saturated carbocycles. The van der Waals surface area contributed by atoms with Crippen molar-refractivity contribution >= 4 is 11.6 Å². The number of nitrogens with two attached hydrogens (primary N) is 1. The molecule has 7 heteroatoms. The molecule has 1 fully saturated rings. The van der Waals surface area contributed by atoms with Crippen molar-refractivity contribution in [2.75, 3.05) is 19.6 Å². The number of hydrogen-bond acceptors (Lipinski definition) is 5. The highest BCUT2D eigenvalue weighted by Crippen LogP contribution is 2.32. The van der Waals surface area contributed by atoms with Gasteiger partial charge in [0.05, 0.1) is 17.3 Å². The summed E-state index contributed by atoms with van der Waals surface area (Å²) >= 11 is 6.14. The Labute approximate surface area is 158 Å². The van der Waals surface area contributed by atoms with Gasteiger partial charge in [-0.15, -0.1) is 0 Å². The molecule has 0 spiro atoms. The van der Waals surface area contributed by atoms with Gasteiger partial charge in [0, 0.05) is 37.9 Å². The number of nitrogens with one attached hydrogen (secondary N) is 1. The van der Waals surface area contributed by atoms with Crippen LogP contribution in [0.15, 0.2) is 35.4 Å². The molecular weight excluding hydrogens is 353 g/mol. The van der Waals surface area contributed by atoms with E-state index in [1.165, 1.54) is 0 Å². The van der Waals surface area contributed by atoms with Crippen molar-refractivity contribution in [2.24, 2.45) is 5.73 Å². The number of aromatic nitrogens is 1. The molecule has 5 nitrogen and oxygen atoms in total. The van der Waals surface area contributed by atoms with Gasteiger partial charge in [-0.1, -0.05) is 11.6 Å². The first kappa shape index (κ1) is 17.6. The molecule has 0 aliphatic carbocycles. The molecule has 3 aliphatic rings. The summed E-state index contributed by atoms with van der Waals surface area (Å²) in [5, 5.41) is 4.26. The smallest absolute Gasteiger partial charge is 0.127 e. The fourth-order valence-electron chi connectivity index (χ4n) is 4.16. The zero-order chi connectivity index (χ0) is 18.5. The van der Waals surface area contributed by atoms with E-state index in [0.717, 1.165) is 42.2 Å². The van der Waals surface area contributed by atoms with E-state index in [2.05, 4.69) is 28.2 Å². The van der Waals surface area contributed by atoms with Gasteiger partial charge in [-0.3, -0.25) is 9.88 Å². The number of hydrogen-bond donors (Lipinski definition) is 2. The molecule has 0 bridgehead atoms. The molecule has 4 heterocycles. The molecule has 4 rings (SSSR count). The topological polar surface area (TPSA) is 57.4 Å². The molecule has 1 aromatic heterocycles. The summed E-state index contributed by atoms with van der Waals surface area (Å²) in [6.07, 6.45) is 4.52. The van der Waals surface area contributed by atoms with E-state index in [1.807, 2.05) is 17.9 Å². The number of likely N-dealkylation sites (tertiary alicyclic amines) is 1. The summed E-state index contributed by atoms with van der Waals surface area (Å²) in [6.45, 7) is 6.90. The summed E-state index contributed by atoms with van der Waals surface area (Å²) in [5.41, 5.74) is 9.95. The minimum absolute atomic E-state index is 0.392. The van der Waals surface area contributed by atoms with E-state index < -0.39 is 11.8 Å². The van der Waals surface area contributed by atoms with Crippen molar-refractivity contribution in [3.8, 4) is 0 Å². The lowest BCUT2D eigenvalue weighted by atomic mass is 9.96. The molecule has 0 radical (unpaired) electrons. The molecule has 26 heavy (non-hydrogen) atoms. The van der Waals surface area contributed by atoms with Crippen LogP contribution >= 0.6 is 11.6 Å². The number of pyridine rings is 1. The Hall–Kier alpha value is -1.79. The molecule has 0 amide bonds. The van der Waals surface area contributed by atoms with Gasteiger partial charge in [-0.25, -0.2) is 4.39 Å². The average Bonchev–Trinajstić information content (AvgIpc) is 3.04. The second-order valence-corrected chi connectivity index (χ2v) is 8.06. The minimum Gasteiger partial charge on any atom is -0.396 e. The van der Waals surface area contributed by atoms with Gasteiger partial charge in [0.2, 0.25) is 0 Å². The highest BCUT2D eigenvalue weighted by atomic mass is 35.5. The van der Waals surface area contributed by atoms with Crippen LogP contribution in [0, 0.1) is 0 Å². The number of fused-ring (bicyclic) bond motifs is 1. The lowest BCUT2D eigenvalue weighted by molar-refractivity contribution is 0.0928. The maximum absolute atomic E-state index is 13.7. The van der Waals surface area contributed by atoms with E-state index >= 15 is 0 Å². The number of allylic oxidation sites excluding steroid dienone is 1. The Morgan fingerprint density at radius 1 is 1.42 bits per heavy atom. The summed E-state index contributed by atoms with van der Waals surface area (Å²) in [6, 6.07) is 2.00. The number of dihydropyridines is 1. The standard InChI is InChI=1S/C19H25ClFN5/c1-12-8-19(2,24-18(17(12)22)25-5-3-15(21)11-25)26-6-4-16-13(10-26)7-14(20)9-23-16/h7-9,15,24H,3-6,10-11,22H2,1-2H3/t15-,19?/m1/s1. The first-order chi connectivity index (χ1) is 12.4. The van der Waals surface area contributed by atoms with Crippen LogP contribution < -0.4 is 11.1 Å². The maximum atomic E-state index is 13.7. The predicted molar refractivity (Wildman–Crippen MR) is 101 cm³/mol. The van der Waals surface area contributed by atoms with Gasteiger partial charge >= 0.3 is 0 Å². The normalized spacial score (nSPS) is 29.5. The lowest BCUT2D eigenvalue weighted by Gasteiger charge is -2.47. The van der Waals surface area contributed by atoms with Gasteiger partial charge in [-0.2, -0.15) is 0 Å². The van der Waals surface area contributed by atoms with E-state index in [-0.39, 0.29) is 0 Å². The zero-order valence-corrected chi connectivity index (χ0v) is 16.0. The van der Waals surface area contributed by atoms with Crippen LogP contribution in [-0.2, 0) is 13.0 Å². The van der Waals surface area contributed by atoms with Gasteiger partial charge in [0.1, 0.15) is 17.7 Å². The predicted octanol–water partition coefficient (Wildman–Crippen LogP) is 2.53. The first-order valence-electron chi connectivity index (χ1n) is 9.11. The van der Waals surface area contributed by atoms with Crippen LogP contribution in [0.25, 0.3) is 0 Å². The van der Waals surface area contributed by atoms with Crippen LogP contribution in [0.1, 0.15) is 31.5 Å². The molecular formula is C19H25ClFN5. The Balaban J connectivity index is 1.61. The van der Waals surface area contributed by atoms with E-state index in [9.17, 15) is 4.39 Å². The first-order valence-corrected chi connectivity index (χ1v) is 9.48. The molecule has 0 aromatic carbocycles. The van der Waals surface area contributed by atoms with E-state index in [0.29, 0.717) is 30.2 Å². The third-order valence-electron chi connectivity index (χ3n) is 5.66. The molecule has 1 aromatic rings. The Kier molecular flexibility index (Phi) is 4.35. The Morgan fingerprint density at radius 3 is 2.96 bits per heavy atom. The average molecular weight is 378 g/mol. The molecule has 140 valence electrons. The van der Waals surface area contributed by atoms with Gasteiger partial charge in [0.15, 0.2) is 0 Å². The Morgan fingerprint density at radius 2 is 2.23 bits per heavy atom. The third-order valence-corrected chi connectivity index (χ3v) is 5.87. The van der Waals surface area contributed by atoms with Crippen molar-refractivity contribution in [3.63, 3.8) is 0 Å². The highest BCUT2D eigenvalue weighted by Gasteiger charge is 2.38. The quantitative estimate of drug-likeness (QED) is 0.829. The minimum atomic E-state index is -0.787. The van der Waals surface area contributed by atoms with E-state index in [4.69, 9.17) is 17.3 Å². The molecule has 3 N–H and O–H groups in total. The maximum Gasteiger partial charge on any atom is 0.127 e. The van der Waals surface area contributed by atoms with Crippen molar-refractivity contribution in [1.82, 2.24) is 20.1 Å². The highest BCUT2D eigenvalue weighted by molar-refractivity contribution is 6.30. The number of alkyl halides is 1. The fourth-order valence-corrected chi connectivity index (χ4v) is 4.34. The van der Waals surface area contributed by atoms with E-state index in [1.54, 1.807) is 6.20 Å². The SMILES string of the molecule is CC1=CC(C)(N2CCc3ncc(Cl)cc3C2)NC(N2CC[C@@H](F)C2)=C1N. The summed E-state index contributed by atoms with van der Waals surface area (Å²) in [4.78, 5) is 8.86. The summed E-state index contributed by atoms with van der Waals surface area (Å²) in [5.74, 6) is 0.850. The van der Waals surface area contributed by atoms with Crippen molar-refractivity contribution in [1.29, 1.82) is 0 Å². The summed E-state index contributed by atoms with van der Waals surface area (Å²) in [7, 11) is 0. The third kappa shape index (κ3) is 3.05. The number of nitrogens with zero attached hydrogens (tertiary/aromatic N) is 3. The summed E-state index contributed by atoms with van der Waals surface area (Å²) < 4.78 is 13.7. The van der Waals surface area contributed by atoms with Crippen LogP contribution in [0.2, 0.25) is 5.02 Å². The number of rotatable bonds is 2. The van der Waals surface area contributed by atoms with Gasteiger partial charge < -0.3 is 16.0 Å². The van der Waals surface area contributed by atoms with Gasteiger partial charge in [-0.05, 0) is 43.5 Å². The largest absolute Gasteiger partial charge is 0.396 e. The van der Waals surface area contributed by atoms with Crippen molar-refractivity contribution in [2.45, 2.75) is 45.1 Å². The zero-order valence-electron chi connectivity index (χ0n) is 15.2. The van der Waals surface area contributed by atoms with Crippen LogP contribution in [-0.4, -0.2) is 46.3 Å². The lowest BCUT2D eigenvalue weighted by Crippen LogP contribution is -2.60. The second kappa shape index (κ2) is 6.43. The number of halogens is 2. The monoisotopic (exact) mass is 377 g/mol. The van der Waals surface area contributed by atoms with Crippen LogP contribution in [0.4, 0.5) is 4.39 Å². The van der Waals surface area contributed by atoms with Gasteiger partial charge in [0.25, 0.3) is 0 Å². The van der Waals surface area contributed by atoms with Crippen molar-refractivity contribution < 1.29 is 4.39 Å². The second-order valence-electron chi connectivity index (χ2n) is 7.63. The molecule has 1 unspecified atom stereocenters. The van der Waals surface area contributed by atoms with Crippen molar-refractivity contribution in [3.05, 3.63) is 51.7 Å². The fraction of sp³-hybridized carbons (Fsp3) is 0.526. The van der Waals surface area contributed by atoms with Crippen LogP contribution in [0.5, 0.6) is 0 Å².